The summed E-state index contributed by atoms with van der Waals surface area (Å²) in [5, 5.41) is 0. The van der Waals surface area contributed by atoms with E-state index in [4.69, 9.17) is 0 Å². The molecule has 0 aliphatic carbocycles. The highest BCUT2D eigenvalue weighted by molar-refractivity contribution is 5.78. The van der Waals surface area contributed by atoms with Crippen molar-refractivity contribution in [1.29, 1.82) is 0 Å². The Morgan fingerprint density at radius 3 is 2.58 bits per heavy atom. The summed E-state index contributed by atoms with van der Waals surface area (Å²) in [6.45, 7) is 2.25. The van der Waals surface area contributed by atoms with Gasteiger partial charge in [0, 0.05) is 13.3 Å². The zero-order valence-electron chi connectivity index (χ0n) is 12.4. The van der Waals surface area contributed by atoms with Gasteiger partial charge in [0.05, 0.1) is 0 Å². The molecule has 1 heteroatoms. The summed E-state index contributed by atoms with van der Waals surface area (Å²) >= 11 is 0. The molecule has 1 nitrogen and oxygen atoms in total. The molecule has 0 saturated heterocycles. The lowest BCUT2D eigenvalue weighted by Gasteiger charge is -2.02. The van der Waals surface area contributed by atoms with Crippen LogP contribution in [0.5, 0.6) is 0 Å². The highest BCUT2D eigenvalue weighted by atomic mass is 14.6. The molecule has 104 valence electrons. The van der Waals surface area contributed by atoms with Crippen LogP contribution in [0.3, 0.4) is 0 Å². The van der Waals surface area contributed by atoms with E-state index in [2.05, 4.69) is 48.3 Å². The summed E-state index contributed by atoms with van der Waals surface area (Å²) in [5.41, 5.74) is 2.84. The molecule has 0 bridgehead atoms. The average molecular weight is 257 g/mol. The van der Waals surface area contributed by atoms with Crippen LogP contribution < -0.4 is 0 Å². The summed E-state index contributed by atoms with van der Waals surface area (Å²) in [6, 6.07) is 10.7. The molecular formula is C18H27N. The van der Waals surface area contributed by atoms with Gasteiger partial charge in [0.25, 0.3) is 0 Å². The van der Waals surface area contributed by atoms with Gasteiger partial charge in [-0.2, -0.15) is 0 Å². The molecule has 0 aliphatic rings. The molecule has 1 aromatic rings. The largest absolute Gasteiger partial charge is 0.296 e. The van der Waals surface area contributed by atoms with Gasteiger partial charge in [0.15, 0.2) is 0 Å². The van der Waals surface area contributed by atoms with Gasteiger partial charge in [-0.3, -0.25) is 4.99 Å². The molecular weight excluding hydrogens is 230 g/mol. The first-order valence-electron chi connectivity index (χ1n) is 7.52. The molecule has 0 amide bonds. The van der Waals surface area contributed by atoms with Crippen LogP contribution in [0.25, 0.3) is 0 Å². The molecule has 0 aliphatic heterocycles. The summed E-state index contributed by atoms with van der Waals surface area (Å²) in [4.78, 5) is 4.16. The molecule has 1 rings (SSSR count). The van der Waals surface area contributed by atoms with Crippen LogP contribution >= 0.6 is 0 Å². The summed E-state index contributed by atoms with van der Waals surface area (Å²) in [6.07, 6.45) is 13.0. The first-order chi connectivity index (χ1) is 9.36. The fraction of sp³-hybridized carbons (Fsp3) is 0.500. The number of unbranched alkanes of at least 4 members (excludes halogenated alkanes) is 3. The normalized spacial score (nSPS) is 12.2. The lowest BCUT2D eigenvalue weighted by Crippen LogP contribution is -1.89. The number of rotatable bonds is 9. The SMILES string of the molecule is CCCCC/C(C=NC)=C/CCCc1ccccc1. The number of hydrogen-bond acceptors (Lipinski definition) is 1. The smallest absolute Gasteiger partial charge is 0.0277 e. The number of benzene rings is 1. The lowest BCUT2D eigenvalue weighted by molar-refractivity contribution is 0.720. The maximum absolute atomic E-state index is 4.16. The van der Waals surface area contributed by atoms with E-state index in [1.165, 1.54) is 49.7 Å². The van der Waals surface area contributed by atoms with Crippen LogP contribution in [-0.4, -0.2) is 13.3 Å². The van der Waals surface area contributed by atoms with E-state index >= 15 is 0 Å². The van der Waals surface area contributed by atoms with Gasteiger partial charge in [-0.15, -0.1) is 0 Å². The van der Waals surface area contributed by atoms with Gasteiger partial charge in [0.1, 0.15) is 0 Å². The van der Waals surface area contributed by atoms with Gasteiger partial charge < -0.3 is 0 Å². The summed E-state index contributed by atoms with van der Waals surface area (Å²) in [5.74, 6) is 0. The maximum atomic E-state index is 4.16. The predicted octanol–water partition coefficient (Wildman–Crippen LogP) is 5.22. The molecule has 0 saturated carbocycles. The molecule has 0 unspecified atom stereocenters. The van der Waals surface area contributed by atoms with Crippen LogP contribution in [-0.2, 0) is 6.42 Å². The number of allylic oxidation sites excluding steroid dienone is 2. The molecule has 0 fully saturated rings. The van der Waals surface area contributed by atoms with Crippen molar-refractivity contribution in [3.05, 3.63) is 47.5 Å². The highest BCUT2D eigenvalue weighted by Crippen LogP contribution is 2.11. The third-order valence-corrected chi connectivity index (χ3v) is 3.28. The van der Waals surface area contributed by atoms with Crippen LogP contribution in [0.15, 0.2) is 47.0 Å². The molecule has 0 aromatic heterocycles. The average Bonchev–Trinajstić information content (AvgIpc) is 2.45. The van der Waals surface area contributed by atoms with Crippen LogP contribution in [0.2, 0.25) is 0 Å². The molecule has 1 aromatic carbocycles. The number of aryl methyl sites for hydroxylation is 1. The molecule has 19 heavy (non-hydrogen) atoms. The standard InChI is InChI=1S/C18H27N/c1-3-4-6-14-18(16-19-2)15-10-9-13-17-11-7-5-8-12-17/h5,7-8,11-12,15-16H,3-4,6,9-10,13-14H2,1-2H3/b18-15-,19-16?. The molecule has 0 heterocycles. The monoisotopic (exact) mass is 257 g/mol. The lowest BCUT2D eigenvalue weighted by atomic mass is 10.0. The van der Waals surface area contributed by atoms with Crippen LogP contribution in [0.1, 0.15) is 51.0 Å². The van der Waals surface area contributed by atoms with E-state index in [-0.39, 0.29) is 0 Å². The van der Waals surface area contributed by atoms with Gasteiger partial charge in [-0.05, 0) is 43.2 Å². The van der Waals surface area contributed by atoms with Gasteiger partial charge >= 0.3 is 0 Å². The van der Waals surface area contributed by atoms with Crippen LogP contribution in [0, 0.1) is 0 Å². The van der Waals surface area contributed by atoms with Crippen molar-refractivity contribution >= 4 is 6.21 Å². The Bertz CT molecular complexity index is 376. The van der Waals surface area contributed by atoms with Crippen molar-refractivity contribution in [2.24, 2.45) is 4.99 Å². The minimum absolute atomic E-state index is 1.16. The van der Waals surface area contributed by atoms with Crippen molar-refractivity contribution in [3.8, 4) is 0 Å². The third kappa shape index (κ3) is 7.61. The predicted molar refractivity (Wildman–Crippen MR) is 86.0 cm³/mol. The Labute approximate surface area is 118 Å². The third-order valence-electron chi connectivity index (χ3n) is 3.28. The van der Waals surface area contributed by atoms with Gasteiger partial charge in [-0.25, -0.2) is 0 Å². The maximum Gasteiger partial charge on any atom is 0.0277 e. The zero-order chi connectivity index (χ0) is 13.8. The minimum atomic E-state index is 1.16. The molecule has 0 radical (unpaired) electrons. The highest BCUT2D eigenvalue weighted by Gasteiger charge is 1.95. The second-order valence-electron chi connectivity index (χ2n) is 5.00. The van der Waals surface area contributed by atoms with E-state index in [0.29, 0.717) is 0 Å². The number of aliphatic imine (C=N–C) groups is 1. The van der Waals surface area contributed by atoms with Crippen molar-refractivity contribution in [2.75, 3.05) is 7.05 Å². The molecule has 0 spiro atoms. The first kappa shape index (κ1) is 15.7. The number of hydrogen-bond donors (Lipinski definition) is 0. The summed E-state index contributed by atoms with van der Waals surface area (Å²) in [7, 11) is 1.86. The molecule has 0 atom stereocenters. The van der Waals surface area contributed by atoms with E-state index < -0.39 is 0 Å². The fourth-order valence-corrected chi connectivity index (χ4v) is 2.20. The van der Waals surface area contributed by atoms with Crippen molar-refractivity contribution in [1.82, 2.24) is 0 Å². The Morgan fingerprint density at radius 2 is 1.89 bits per heavy atom. The van der Waals surface area contributed by atoms with Gasteiger partial charge in [-0.1, -0.05) is 56.2 Å². The van der Waals surface area contributed by atoms with E-state index in [9.17, 15) is 0 Å². The summed E-state index contributed by atoms with van der Waals surface area (Å²) < 4.78 is 0. The minimum Gasteiger partial charge on any atom is -0.296 e. The second kappa shape index (κ2) is 10.5. The van der Waals surface area contributed by atoms with Gasteiger partial charge in [0.2, 0.25) is 0 Å². The Morgan fingerprint density at radius 1 is 1.11 bits per heavy atom. The Kier molecular flexibility index (Phi) is 8.70. The van der Waals surface area contributed by atoms with E-state index in [1.54, 1.807) is 0 Å². The quantitative estimate of drug-likeness (QED) is 0.425. The van der Waals surface area contributed by atoms with Crippen molar-refractivity contribution in [3.63, 3.8) is 0 Å². The topological polar surface area (TPSA) is 12.4 Å². The van der Waals surface area contributed by atoms with Crippen molar-refractivity contribution < 1.29 is 0 Å². The van der Waals surface area contributed by atoms with Crippen molar-refractivity contribution in [2.45, 2.75) is 51.9 Å². The second-order valence-corrected chi connectivity index (χ2v) is 5.00. The zero-order valence-corrected chi connectivity index (χ0v) is 12.4. The Balaban J connectivity index is 2.30. The van der Waals surface area contributed by atoms with E-state index in [0.717, 1.165) is 6.42 Å². The Hall–Kier alpha value is -1.37. The molecule has 0 N–H and O–H groups in total. The first-order valence-corrected chi connectivity index (χ1v) is 7.52. The van der Waals surface area contributed by atoms with E-state index in [1.807, 2.05) is 13.3 Å². The fourth-order valence-electron chi connectivity index (χ4n) is 2.20. The number of nitrogens with zero attached hydrogens (tertiary/aromatic N) is 1. The van der Waals surface area contributed by atoms with Crippen LogP contribution in [0.4, 0.5) is 0 Å².